The van der Waals surface area contributed by atoms with Gasteiger partial charge in [0.1, 0.15) is 0 Å². The third-order valence-electron chi connectivity index (χ3n) is 2.90. The maximum Gasteiger partial charge on any atom is 0.227 e. The van der Waals surface area contributed by atoms with E-state index in [0.717, 1.165) is 19.5 Å². The summed E-state index contributed by atoms with van der Waals surface area (Å²) in [6.45, 7) is 3.14. The van der Waals surface area contributed by atoms with Gasteiger partial charge in [-0.1, -0.05) is 0 Å². The lowest BCUT2D eigenvalue weighted by atomic mass is 10.1. The minimum Gasteiger partial charge on any atom is -0.341 e. The van der Waals surface area contributed by atoms with Crippen LogP contribution in [0.15, 0.2) is 0 Å². The Balaban J connectivity index is 1.88. The van der Waals surface area contributed by atoms with E-state index in [4.69, 9.17) is 0 Å². The van der Waals surface area contributed by atoms with Gasteiger partial charge in [-0.2, -0.15) is 0 Å². The normalized spacial score (nSPS) is 29.4. The van der Waals surface area contributed by atoms with E-state index < -0.39 is 10.8 Å². The molecule has 0 aliphatic carbocycles. The van der Waals surface area contributed by atoms with Gasteiger partial charge in [0, 0.05) is 41.9 Å². The highest BCUT2D eigenvalue weighted by Crippen LogP contribution is 2.13. The van der Waals surface area contributed by atoms with E-state index in [1.54, 1.807) is 0 Å². The molecule has 0 aromatic carbocycles. The molecule has 5 heteroatoms. The minimum absolute atomic E-state index is 0.168. The first-order chi connectivity index (χ1) is 6.77. The SMILES string of the molecule is O=C([C@H]1CCNC1)N1CCS(=O)CC1. The first-order valence-electron chi connectivity index (χ1n) is 5.12. The van der Waals surface area contributed by atoms with Gasteiger partial charge in [-0.25, -0.2) is 0 Å². The van der Waals surface area contributed by atoms with Crippen molar-refractivity contribution in [2.45, 2.75) is 6.42 Å². The molecule has 0 spiro atoms. The Morgan fingerprint density at radius 3 is 2.64 bits per heavy atom. The number of rotatable bonds is 1. The Bertz CT molecular complexity index is 241. The number of carbonyl (C=O) groups is 1. The van der Waals surface area contributed by atoms with Crippen molar-refractivity contribution in [1.29, 1.82) is 0 Å². The highest BCUT2D eigenvalue weighted by Gasteiger charge is 2.28. The van der Waals surface area contributed by atoms with Crippen LogP contribution in [0.4, 0.5) is 0 Å². The summed E-state index contributed by atoms with van der Waals surface area (Å²) in [6, 6.07) is 0. The summed E-state index contributed by atoms with van der Waals surface area (Å²) in [4.78, 5) is 13.8. The summed E-state index contributed by atoms with van der Waals surface area (Å²) in [5.41, 5.74) is 0. The van der Waals surface area contributed by atoms with Crippen LogP contribution in [-0.4, -0.2) is 52.7 Å². The van der Waals surface area contributed by atoms with E-state index in [2.05, 4.69) is 5.32 Å². The lowest BCUT2D eigenvalue weighted by Crippen LogP contribution is -2.45. The second kappa shape index (κ2) is 4.40. The Hall–Kier alpha value is -0.420. The fraction of sp³-hybridized carbons (Fsp3) is 0.889. The van der Waals surface area contributed by atoms with Gasteiger partial charge in [0.15, 0.2) is 0 Å². The molecule has 0 aromatic heterocycles. The molecule has 0 aromatic rings. The third kappa shape index (κ3) is 2.15. The standard InChI is InChI=1S/C9H16N2O2S/c12-9(8-1-2-10-7-8)11-3-5-14(13)6-4-11/h8,10H,1-7H2/t8-/m0/s1. The number of carbonyl (C=O) groups excluding carboxylic acids is 1. The van der Waals surface area contributed by atoms with E-state index in [1.807, 2.05) is 4.90 Å². The molecule has 2 aliphatic heterocycles. The number of nitrogens with one attached hydrogen (secondary N) is 1. The molecular formula is C9H16N2O2S. The van der Waals surface area contributed by atoms with E-state index >= 15 is 0 Å². The second-order valence-electron chi connectivity index (χ2n) is 3.86. The number of hydrogen-bond donors (Lipinski definition) is 1. The van der Waals surface area contributed by atoms with Crippen molar-refractivity contribution < 1.29 is 9.00 Å². The van der Waals surface area contributed by atoms with Crippen LogP contribution in [-0.2, 0) is 15.6 Å². The van der Waals surface area contributed by atoms with Gasteiger partial charge in [-0.15, -0.1) is 0 Å². The van der Waals surface area contributed by atoms with Gasteiger partial charge >= 0.3 is 0 Å². The molecule has 2 rings (SSSR count). The summed E-state index contributed by atoms with van der Waals surface area (Å²) in [6.07, 6.45) is 0.957. The van der Waals surface area contributed by atoms with E-state index in [9.17, 15) is 9.00 Å². The van der Waals surface area contributed by atoms with Crippen molar-refractivity contribution >= 4 is 16.7 Å². The van der Waals surface area contributed by atoms with Crippen LogP contribution in [0.5, 0.6) is 0 Å². The van der Waals surface area contributed by atoms with Crippen LogP contribution in [0, 0.1) is 5.92 Å². The molecule has 1 atom stereocenters. The lowest BCUT2D eigenvalue weighted by molar-refractivity contribution is -0.134. The minimum atomic E-state index is -0.688. The molecule has 1 amide bonds. The fourth-order valence-corrected chi connectivity index (χ4v) is 3.03. The second-order valence-corrected chi connectivity index (χ2v) is 5.56. The first kappa shape index (κ1) is 10.1. The van der Waals surface area contributed by atoms with Crippen molar-refractivity contribution in [1.82, 2.24) is 10.2 Å². The van der Waals surface area contributed by atoms with Crippen molar-refractivity contribution in [3.05, 3.63) is 0 Å². The number of amides is 1. The summed E-state index contributed by atoms with van der Waals surface area (Å²) < 4.78 is 11.1. The maximum atomic E-state index is 11.9. The Morgan fingerprint density at radius 2 is 2.07 bits per heavy atom. The van der Waals surface area contributed by atoms with Crippen molar-refractivity contribution in [2.75, 3.05) is 37.7 Å². The molecule has 14 heavy (non-hydrogen) atoms. The molecule has 0 bridgehead atoms. The molecule has 2 heterocycles. The molecular weight excluding hydrogens is 200 g/mol. The van der Waals surface area contributed by atoms with Crippen LogP contribution in [0.1, 0.15) is 6.42 Å². The first-order valence-corrected chi connectivity index (χ1v) is 6.60. The monoisotopic (exact) mass is 216 g/mol. The largest absolute Gasteiger partial charge is 0.341 e. The highest BCUT2D eigenvalue weighted by molar-refractivity contribution is 7.85. The molecule has 0 radical (unpaired) electrons. The van der Waals surface area contributed by atoms with E-state index in [0.29, 0.717) is 24.6 Å². The smallest absolute Gasteiger partial charge is 0.227 e. The van der Waals surface area contributed by atoms with Crippen LogP contribution in [0.25, 0.3) is 0 Å². The van der Waals surface area contributed by atoms with Gasteiger partial charge < -0.3 is 10.2 Å². The van der Waals surface area contributed by atoms with Crippen LogP contribution < -0.4 is 5.32 Å². The van der Waals surface area contributed by atoms with Crippen LogP contribution >= 0.6 is 0 Å². The molecule has 4 nitrogen and oxygen atoms in total. The topological polar surface area (TPSA) is 49.4 Å². The van der Waals surface area contributed by atoms with Gasteiger partial charge in [0.25, 0.3) is 0 Å². The quantitative estimate of drug-likeness (QED) is 0.623. The predicted molar refractivity (Wildman–Crippen MR) is 55.4 cm³/mol. The zero-order chi connectivity index (χ0) is 9.97. The average molecular weight is 216 g/mol. The van der Waals surface area contributed by atoms with Gasteiger partial charge in [0.05, 0.1) is 5.92 Å². The molecule has 2 saturated heterocycles. The van der Waals surface area contributed by atoms with E-state index in [1.165, 1.54) is 0 Å². The summed E-state index contributed by atoms with van der Waals surface area (Å²) in [5.74, 6) is 1.74. The Labute approximate surface area is 86.5 Å². The molecule has 2 fully saturated rings. The predicted octanol–water partition coefficient (Wildman–Crippen LogP) is -0.813. The summed E-state index contributed by atoms with van der Waals surface area (Å²) in [5, 5.41) is 3.19. The Kier molecular flexibility index (Phi) is 3.18. The molecule has 0 saturated carbocycles. The molecule has 0 unspecified atom stereocenters. The highest BCUT2D eigenvalue weighted by atomic mass is 32.2. The molecule has 2 aliphatic rings. The zero-order valence-electron chi connectivity index (χ0n) is 8.20. The summed E-state index contributed by atoms with van der Waals surface area (Å²) >= 11 is 0. The maximum absolute atomic E-state index is 11.9. The summed E-state index contributed by atoms with van der Waals surface area (Å²) in [7, 11) is -0.688. The number of hydrogen-bond acceptors (Lipinski definition) is 3. The van der Waals surface area contributed by atoms with Gasteiger partial charge in [-0.05, 0) is 13.0 Å². The van der Waals surface area contributed by atoms with E-state index in [-0.39, 0.29) is 11.8 Å². The zero-order valence-corrected chi connectivity index (χ0v) is 9.02. The van der Waals surface area contributed by atoms with Gasteiger partial charge in [0.2, 0.25) is 5.91 Å². The van der Waals surface area contributed by atoms with Crippen molar-refractivity contribution in [3.63, 3.8) is 0 Å². The third-order valence-corrected chi connectivity index (χ3v) is 4.17. The fourth-order valence-electron chi connectivity index (χ4n) is 1.98. The van der Waals surface area contributed by atoms with Crippen molar-refractivity contribution in [2.24, 2.45) is 5.92 Å². The lowest BCUT2D eigenvalue weighted by Gasteiger charge is -2.28. The number of nitrogens with zero attached hydrogens (tertiary/aromatic N) is 1. The van der Waals surface area contributed by atoms with Crippen LogP contribution in [0.2, 0.25) is 0 Å². The van der Waals surface area contributed by atoms with Gasteiger partial charge in [-0.3, -0.25) is 9.00 Å². The Morgan fingerprint density at radius 1 is 1.36 bits per heavy atom. The van der Waals surface area contributed by atoms with Crippen molar-refractivity contribution in [3.8, 4) is 0 Å². The van der Waals surface area contributed by atoms with Crippen LogP contribution in [0.3, 0.4) is 0 Å². The molecule has 80 valence electrons. The average Bonchev–Trinajstić information content (AvgIpc) is 2.71. The molecule has 1 N–H and O–H groups in total.